The van der Waals surface area contributed by atoms with Crippen LogP contribution in [0.4, 0.5) is 0 Å². The monoisotopic (exact) mass is 286 g/mol. The van der Waals surface area contributed by atoms with Crippen molar-refractivity contribution in [1.82, 2.24) is 0 Å². The van der Waals surface area contributed by atoms with Gasteiger partial charge in [-0.25, -0.2) is 19.4 Å². The van der Waals surface area contributed by atoms with Gasteiger partial charge in [-0.1, -0.05) is 65.2 Å². The molecule has 0 saturated carbocycles. The molecule has 0 aromatic heterocycles. The molecule has 0 aliphatic rings. The lowest BCUT2D eigenvalue weighted by Crippen LogP contribution is -2.11. The van der Waals surface area contributed by atoms with Crippen LogP contribution in [0.15, 0.2) is 0 Å². The molecular formula is C16H30O4. The average molecular weight is 286 g/mol. The van der Waals surface area contributed by atoms with Gasteiger partial charge in [0.2, 0.25) is 0 Å². The molecule has 0 amide bonds. The molecule has 0 rings (SSSR count). The van der Waals surface area contributed by atoms with Gasteiger partial charge in [0.1, 0.15) is 0 Å². The predicted molar refractivity (Wildman–Crippen MR) is 78.9 cm³/mol. The highest BCUT2D eigenvalue weighted by Crippen LogP contribution is 2.07. The van der Waals surface area contributed by atoms with Crippen LogP contribution in [0.5, 0.6) is 0 Å². The minimum atomic E-state index is -0.444. The first kappa shape index (κ1) is 18.9. The van der Waals surface area contributed by atoms with Crippen LogP contribution >= 0.6 is 0 Å². The van der Waals surface area contributed by atoms with Crippen molar-refractivity contribution in [3.8, 4) is 0 Å². The molecule has 0 aliphatic carbocycles. The molecule has 0 bridgehead atoms. The van der Waals surface area contributed by atoms with E-state index >= 15 is 0 Å². The Morgan fingerprint density at radius 1 is 0.600 bits per heavy atom. The van der Waals surface area contributed by atoms with Crippen molar-refractivity contribution >= 4 is 11.9 Å². The molecule has 4 nitrogen and oxygen atoms in total. The van der Waals surface area contributed by atoms with Crippen molar-refractivity contribution in [1.29, 1.82) is 0 Å². The van der Waals surface area contributed by atoms with Crippen molar-refractivity contribution in [2.24, 2.45) is 0 Å². The summed E-state index contributed by atoms with van der Waals surface area (Å²) >= 11 is 0. The van der Waals surface area contributed by atoms with Crippen LogP contribution < -0.4 is 0 Å². The second kappa shape index (κ2) is 14.4. The zero-order chi connectivity index (χ0) is 15.1. The highest BCUT2D eigenvalue weighted by molar-refractivity contribution is 5.72. The van der Waals surface area contributed by atoms with E-state index in [-0.39, 0.29) is 0 Å². The molecule has 0 atom stereocenters. The smallest absolute Gasteiger partial charge is 0.247 e. The Balaban J connectivity index is 3.37. The first-order valence-electron chi connectivity index (χ1n) is 8.10. The van der Waals surface area contributed by atoms with Crippen molar-refractivity contribution in [3.63, 3.8) is 0 Å². The van der Waals surface area contributed by atoms with E-state index in [0.29, 0.717) is 12.8 Å². The maximum absolute atomic E-state index is 11.3. The third-order valence-electron chi connectivity index (χ3n) is 3.20. The van der Waals surface area contributed by atoms with Gasteiger partial charge in [0, 0.05) is 0 Å². The van der Waals surface area contributed by atoms with E-state index in [4.69, 9.17) is 0 Å². The zero-order valence-electron chi connectivity index (χ0n) is 13.1. The lowest BCUT2D eigenvalue weighted by molar-refractivity contribution is -0.259. The van der Waals surface area contributed by atoms with Gasteiger partial charge >= 0.3 is 11.9 Å². The topological polar surface area (TPSA) is 52.6 Å². The maximum atomic E-state index is 11.3. The molecule has 0 saturated heterocycles. The molecule has 0 heterocycles. The molecule has 4 heteroatoms. The molecule has 0 aromatic rings. The number of unbranched alkanes of at least 4 members (excludes halogenated alkanes) is 8. The fourth-order valence-electron chi connectivity index (χ4n) is 1.92. The molecular weight excluding hydrogens is 256 g/mol. The van der Waals surface area contributed by atoms with Crippen molar-refractivity contribution in [2.45, 2.75) is 90.9 Å². The van der Waals surface area contributed by atoms with Crippen LogP contribution in [-0.4, -0.2) is 11.9 Å². The molecule has 0 fully saturated rings. The highest BCUT2D eigenvalue weighted by atomic mass is 17.2. The van der Waals surface area contributed by atoms with E-state index in [1.54, 1.807) is 0 Å². The van der Waals surface area contributed by atoms with Crippen LogP contribution in [-0.2, 0) is 19.4 Å². The minimum Gasteiger partial charge on any atom is -0.247 e. The summed E-state index contributed by atoms with van der Waals surface area (Å²) in [6, 6.07) is 0. The maximum Gasteiger partial charge on any atom is 0.355 e. The lowest BCUT2D eigenvalue weighted by Gasteiger charge is -2.03. The van der Waals surface area contributed by atoms with E-state index in [9.17, 15) is 9.59 Å². The van der Waals surface area contributed by atoms with Crippen molar-refractivity contribution < 1.29 is 19.4 Å². The predicted octanol–water partition coefficient (Wildman–Crippen LogP) is 4.71. The van der Waals surface area contributed by atoms with Gasteiger partial charge in [-0.2, -0.15) is 0 Å². The van der Waals surface area contributed by atoms with Crippen LogP contribution in [0.2, 0.25) is 0 Å². The summed E-state index contributed by atoms with van der Waals surface area (Å²) in [5, 5.41) is 0. The van der Waals surface area contributed by atoms with E-state index in [0.717, 1.165) is 38.5 Å². The normalized spacial score (nSPS) is 10.3. The molecule has 0 spiro atoms. The van der Waals surface area contributed by atoms with Gasteiger partial charge in [0.05, 0.1) is 12.8 Å². The third-order valence-corrected chi connectivity index (χ3v) is 3.20. The van der Waals surface area contributed by atoms with Crippen LogP contribution in [0.25, 0.3) is 0 Å². The summed E-state index contributed by atoms with van der Waals surface area (Å²) in [4.78, 5) is 31.6. The second-order valence-electron chi connectivity index (χ2n) is 5.24. The van der Waals surface area contributed by atoms with Gasteiger partial charge < -0.3 is 0 Å². The van der Waals surface area contributed by atoms with Crippen LogP contribution in [0.1, 0.15) is 90.9 Å². The van der Waals surface area contributed by atoms with E-state index in [1.165, 1.54) is 25.7 Å². The summed E-state index contributed by atoms with van der Waals surface area (Å²) in [5.74, 6) is -0.887. The highest BCUT2D eigenvalue weighted by Gasteiger charge is 2.09. The van der Waals surface area contributed by atoms with Crippen molar-refractivity contribution in [2.75, 3.05) is 0 Å². The van der Waals surface area contributed by atoms with Crippen LogP contribution in [0, 0.1) is 0 Å². The molecule has 0 aliphatic heterocycles. The number of carbonyl (C=O) groups is 2. The number of carbonyl (C=O) groups excluding carboxylic acids is 2. The Labute approximate surface area is 123 Å². The Morgan fingerprint density at radius 3 is 1.30 bits per heavy atom. The first-order chi connectivity index (χ1) is 9.70. The molecule has 0 N–H and O–H groups in total. The Morgan fingerprint density at radius 2 is 0.950 bits per heavy atom. The largest absolute Gasteiger partial charge is 0.355 e. The average Bonchev–Trinajstić information content (AvgIpc) is 2.44. The van der Waals surface area contributed by atoms with Gasteiger partial charge in [0.15, 0.2) is 0 Å². The molecule has 0 unspecified atom stereocenters. The molecule has 20 heavy (non-hydrogen) atoms. The van der Waals surface area contributed by atoms with E-state index in [2.05, 4.69) is 23.6 Å². The molecule has 0 aromatic carbocycles. The van der Waals surface area contributed by atoms with Crippen LogP contribution in [0.3, 0.4) is 0 Å². The quantitative estimate of drug-likeness (QED) is 0.296. The fraction of sp³-hybridized carbons (Fsp3) is 0.875. The van der Waals surface area contributed by atoms with Crippen molar-refractivity contribution in [3.05, 3.63) is 0 Å². The summed E-state index contributed by atoms with van der Waals surface area (Å²) in [6.07, 6.45) is 11.3. The Kier molecular flexibility index (Phi) is 13.6. The number of hydrogen-bond acceptors (Lipinski definition) is 4. The summed E-state index contributed by atoms with van der Waals surface area (Å²) in [5.41, 5.74) is 0. The first-order valence-corrected chi connectivity index (χ1v) is 8.10. The fourth-order valence-corrected chi connectivity index (χ4v) is 1.92. The SMILES string of the molecule is CCCCCCCC(=O)OOC(=O)CCCCCCC. The van der Waals surface area contributed by atoms with E-state index < -0.39 is 11.9 Å². The summed E-state index contributed by atoms with van der Waals surface area (Å²) in [6.45, 7) is 4.30. The Bertz CT molecular complexity index is 225. The minimum absolute atomic E-state index is 0.327. The number of hydrogen-bond donors (Lipinski definition) is 0. The third kappa shape index (κ3) is 13.4. The molecule has 118 valence electrons. The number of rotatable bonds is 12. The van der Waals surface area contributed by atoms with Gasteiger partial charge in [-0.05, 0) is 12.8 Å². The summed E-state index contributed by atoms with van der Waals surface area (Å²) in [7, 11) is 0. The van der Waals surface area contributed by atoms with Gasteiger partial charge in [-0.3, -0.25) is 0 Å². The zero-order valence-corrected chi connectivity index (χ0v) is 13.1. The standard InChI is InChI=1S/C16H30O4/c1-3-5-7-9-11-13-15(17)19-20-16(18)14-12-10-8-6-4-2/h3-14H2,1-2H3. The van der Waals surface area contributed by atoms with Gasteiger partial charge in [-0.15, -0.1) is 0 Å². The summed E-state index contributed by atoms with van der Waals surface area (Å²) < 4.78 is 0. The van der Waals surface area contributed by atoms with Gasteiger partial charge in [0.25, 0.3) is 0 Å². The molecule has 0 radical (unpaired) electrons. The van der Waals surface area contributed by atoms with E-state index in [1.807, 2.05) is 0 Å². The lowest BCUT2D eigenvalue weighted by atomic mass is 10.1. The Hall–Kier alpha value is -1.06. The second-order valence-corrected chi connectivity index (χ2v) is 5.24.